The molecule has 0 spiro atoms. The molecule has 21 heavy (non-hydrogen) atoms. The predicted octanol–water partition coefficient (Wildman–Crippen LogP) is 2.34. The summed E-state index contributed by atoms with van der Waals surface area (Å²) in [5.74, 6) is 1.48. The van der Waals surface area contributed by atoms with E-state index in [4.69, 9.17) is 19.3 Å². The average Bonchev–Trinajstić information content (AvgIpc) is 2.45. The van der Waals surface area contributed by atoms with E-state index in [9.17, 15) is 0 Å². The molecule has 0 aliphatic carbocycles. The van der Waals surface area contributed by atoms with Crippen molar-refractivity contribution in [1.29, 1.82) is 0 Å². The zero-order chi connectivity index (χ0) is 15.7. The van der Waals surface area contributed by atoms with Gasteiger partial charge in [0.2, 0.25) is 0 Å². The topological polar surface area (TPSA) is 60.0 Å². The number of ether oxygens (including phenoxy) is 3. The van der Waals surface area contributed by atoms with Crippen LogP contribution in [0.4, 0.5) is 0 Å². The first-order chi connectivity index (χ1) is 10.1. The Labute approximate surface area is 134 Å². The largest absolute Gasteiger partial charge is 0.493 e. The summed E-state index contributed by atoms with van der Waals surface area (Å²) in [5.41, 5.74) is 1.02. The van der Waals surface area contributed by atoms with Gasteiger partial charge in [-0.05, 0) is 26.0 Å². The summed E-state index contributed by atoms with van der Waals surface area (Å²) >= 11 is 3.55. The van der Waals surface area contributed by atoms with E-state index < -0.39 is 0 Å². The smallest absolute Gasteiger partial charge is 0.167 e. The van der Waals surface area contributed by atoms with Crippen LogP contribution in [-0.2, 0) is 11.3 Å². The van der Waals surface area contributed by atoms with Crippen LogP contribution in [0.15, 0.2) is 16.6 Å². The summed E-state index contributed by atoms with van der Waals surface area (Å²) in [6.45, 7) is 6.29. The number of methoxy groups -OCH3 is 1. The third-order valence-electron chi connectivity index (χ3n) is 2.70. The molecule has 1 aromatic rings. The Bertz CT molecular complexity index is 426. The van der Waals surface area contributed by atoms with Gasteiger partial charge in [-0.15, -0.1) is 0 Å². The number of aliphatic hydroxyl groups is 1. The van der Waals surface area contributed by atoms with Crippen molar-refractivity contribution >= 4 is 15.9 Å². The molecule has 6 heteroatoms. The maximum absolute atomic E-state index is 8.63. The Balaban J connectivity index is 2.70. The molecule has 0 amide bonds. The standard InChI is InChI=1S/C15H24BrNO4/c1-11(2)21-15-12(10-17-6-8-20-9-7-18)13(16)4-5-14(15)19-3/h4-5,11,17-18H,6-10H2,1-3H3. The first-order valence-corrected chi connectivity index (χ1v) is 7.80. The van der Waals surface area contributed by atoms with Gasteiger partial charge in [0.25, 0.3) is 0 Å². The zero-order valence-electron chi connectivity index (χ0n) is 12.8. The second kappa shape index (κ2) is 10.00. The van der Waals surface area contributed by atoms with Crippen LogP contribution in [0.1, 0.15) is 19.4 Å². The van der Waals surface area contributed by atoms with Crippen molar-refractivity contribution in [2.45, 2.75) is 26.5 Å². The number of hydrogen-bond donors (Lipinski definition) is 2. The van der Waals surface area contributed by atoms with Crippen LogP contribution in [0.3, 0.4) is 0 Å². The van der Waals surface area contributed by atoms with Crippen molar-refractivity contribution in [3.63, 3.8) is 0 Å². The van der Waals surface area contributed by atoms with E-state index in [1.807, 2.05) is 26.0 Å². The molecule has 5 nitrogen and oxygen atoms in total. The molecule has 0 aliphatic rings. The van der Waals surface area contributed by atoms with Crippen molar-refractivity contribution in [3.05, 3.63) is 22.2 Å². The lowest BCUT2D eigenvalue weighted by Gasteiger charge is -2.19. The highest BCUT2D eigenvalue weighted by atomic mass is 79.9. The Hall–Kier alpha value is -0.820. The van der Waals surface area contributed by atoms with Crippen LogP contribution in [0.25, 0.3) is 0 Å². The predicted molar refractivity (Wildman–Crippen MR) is 86.1 cm³/mol. The molecule has 0 saturated heterocycles. The fraction of sp³-hybridized carbons (Fsp3) is 0.600. The number of halogens is 1. The van der Waals surface area contributed by atoms with Crippen LogP contribution < -0.4 is 14.8 Å². The molecule has 0 heterocycles. The first kappa shape index (κ1) is 18.2. The Morgan fingerprint density at radius 2 is 2.05 bits per heavy atom. The number of benzene rings is 1. The van der Waals surface area contributed by atoms with Crippen molar-refractivity contribution in [2.24, 2.45) is 0 Å². The lowest BCUT2D eigenvalue weighted by Crippen LogP contribution is -2.21. The summed E-state index contributed by atoms with van der Waals surface area (Å²) in [6, 6.07) is 3.83. The van der Waals surface area contributed by atoms with Crippen LogP contribution >= 0.6 is 15.9 Å². The SMILES string of the molecule is COc1ccc(Br)c(CNCCOCCO)c1OC(C)C. The van der Waals surface area contributed by atoms with Gasteiger partial charge in [-0.3, -0.25) is 0 Å². The maximum atomic E-state index is 8.63. The van der Waals surface area contributed by atoms with Crippen molar-refractivity contribution in [3.8, 4) is 11.5 Å². The normalized spacial score (nSPS) is 11.0. The van der Waals surface area contributed by atoms with Gasteiger partial charge in [-0.25, -0.2) is 0 Å². The number of hydrogen-bond acceptors (Lipinski definition) is 5. The van der Waals surface area contributed by atoms with E-state index in [1.165, 1.54) is 0 Å². The third kappa shape index (κ3) is 6.22. The second-order valence-corrected chi connectivity index (χ2v) is 5.59. The minimum atomic E-state index is 0.0494. The van der Waals surface area contributed by atoms with Crippen molar-refractivity contribution < 1.29 is 19.3 Å². The van der Waals surface area contributed by atoms with E-state index in [0.717, 1.165) is 21.5 Å². The maximum Gasteiger partial charge on any atom is 0.167 e. The van der Waals surface area contributed by atoms with Gasteiger partial charge < -0.3 is 24.6 Å². The molecule has 120 valence electrons. The van der Waals surface area contributed by atoms with Crippen LogP contribution in [0, 0.1) is 0 Å². The third-order valence-corrected chi connectivity index (χ3v) is 3.44. The van der Waals surface area contributed by atoms with Crippen LogP contribution in [-0.4, -0.2) is 44.7 Å². The average molecular weight is 362 g/mol. The summed E-state index contributed by atoms with van der Waals surface area (Å²) in [4.78, 5) is 0. The molecular formula is C15H24BrNO4. The molecule has 0 unspecified atom stereocenters. The molecule has 0 radical (unpaired) electrons. The molecule has 0 aromatic heterocycles. The van der Waals surface area contributed by atoms with Crippen molar-refractivity contribution in [2.75, 3.05) is 33.5 Å². The van der Waals surface area contributed by atoms with Gasteiger partial charge in [-0.2, -0.15) is 0 Å². The van der Waals surface area contributed by atoms with E-state index >= 15 is 0 Å². The first-order valence-electron chi connectivity index (χ1n) is 7.01. The Kier molecular flexibility index (Phi) is 8.68. The van der Waals surface area contributed by atoms with E-state index in [1.54, 1.807) is 7.11 Å². The molecule has 1 rings (SSSR count). The fourth-order valence-corrected chi connectivity index (χ4v) is 2.25. The number of aliphatic hydroxyl groups excluding tert-OH is 1. The molecule has 0 atom stereocenters. The number of rotatable bonds is 10. The minimum Gasteiger partial charge on any atom is -0.493 e. The van der Waals surface area contributed by atoms with E-state index in [2.05, 4.69) is 21.2 Å². The fourth-order valence-electron chi connectivity index (χ4n) is 1.80. The Morgan fingerprint density at radius 1 is 1.29 bits per heavy atom. The lowest BCUT2D eigenvalue weighted by atomic mass is 10.1. The molecule has 2 N–H and O–H groups in total. The zero-order valence-corrected chi connectivity index (χ0v) is 14.4. The van der Waals surface area contributed by atoms with Crippen LogP contribution in [0.5, 0.6) is 11.5 Å². The summed E-state index contributed by atoms with van der Waals surface area (Å²) < 4.78 is 17.4. The number of nitrogens with one attached hydrogen (secondary N) is 1. The quantitative estimate of drug-likeness (QED) is 0.626. The van der Waals surface area contributed by atoms with Gasteiger partial charge in [0.1, 0.15) is 0 Å². The highest BCUT2D eigenvalue weighted by Gasteiger charge is 2.15. The van der Waals surface area contributed by atoms with Crippen molar-refractivity contribution in [1.82, 2.24) is 5.32 Å². The molecule has 0 bridgehead atoms. The molecule has 0 saturated carbocycles. The second-order valence-electron chi connectivity index (χ2n) is 4.74. The van der Waals surface area contributed by atoms with E-state index in [-0.39, 0.29) is 12.7 Å². The highest BCUT2D eigenvalue weighted by Crippen LogP contribution is 2.36. The van der Waals surface area contributed by atoms with Gasteiger partial charge in [0.15, 0.2) is 11.5 Å². The van der Waals surface area contributed by atoms with E-state index in [0.29, 0.717) is 26.3 Å². The Morgan fingerprint density at radius 3 is 2.67 bits per heavy atom. The minimum absolute atomic E-state index is 0.0494. The van der Waals surface area contributed by atoms with Gasteiger partial charge in [0, 0.05) is 23.1 Å². The summed E-state index contributed by atoms with van der Waals surface area (Å²) in [5, 5.41) is 11.9. The van der Waals surface area contributed by atoms with Crippen LogP contribution in [0.2, 0.25) is 0 Å². The van der Waals surface area contributed by atoms with Gasteiger partial charge >= 0.3 is 0 Å². The van der Waals surface area contributed by atoms with Gasteiger partial charge in [-0.1, -0.05) is 15.9 Å². The van der Waals surface area contributed by atoms with Gasteiger partial charge in [0.05, 0.1) is 33.0 Å². The highest BCUT2D eigenvalue weighted by molar-refractivity contribution is 9.10. The molecule has 1 aromatic carbocycles. The summed E-state index contributed by atoms with van der Waals surface area (Å²) in [6.07, 6.45) is 0.0693. The summed E-state index contributed by atoms with van der Waals surface area (Å²) in [7, 11) is 1.64. The monoisotopic (exact) mass is 361 g/mol. The molecule has 0 aliphatic heterocycles. The molecular weight excluding hydrogens is 338 g/mol. The molecule has 0 fully saturated rings. The lowest BCUT2D eigenvalue weighted by molar-refractivity contribution is 0.0937.